The molecule has 5 nitrogen and oxygen atoms in total. The van der Waals surface area contributed by atoms with Crippen LogP contribution in [0.4, 0.5) is 0 Å². The molecule has 4 unspecified atom stereocenters. The molecule has 4 atom stereocenters. The highest BCUT2D eigenvalue weighted by molar-refractivity contribution is 14.0. The van der Waals surface area contributed by atoms with E-state index in [1.54, 1.807) is 11.1 Å². The van der Waals surface area contributed by atoms with Crippen molar-refractivity contribution in [2.75, 3.05) is 40.0 Å². The number of ether oxygens (including phenoxy) is 2. The van der Waals surface area contributed by atoms with Crippen molar-refractivity contribution >= 4 is 29.9 Å². The second-order valence-electron chi connectivity index (χ2n) is 7.68. The van der Waals surface area contributed by atoms with Gasteiger partial charge in [0.1, 0.15) is 0 Å². The standard InChI is InChI=1S/C21H31N3O2.HI/c1-22-21(23-10-4-11-26-16-9-12-25-14-16)24-13-19-18-8-7-15-5-2-3-6-17(15)20(18)19;/h2-3,5-6,16,18-20H,4,7-14H2,1H3,(H2,22,23,24);1H. The molecule has 27 heavy (non-hydrogen) atoms. The summed E-state index contributed by atoms with van der Waals surface area (Å²) in [6.45, 7) is 4.27. The fourth-order valence-corrected chi connectivity index (χ4v) is 4.60. The minimum atomic E-state index is 0. The van der Waals surface area contributed by atoms with E-state index in [0.717, 1.165) is 69.5 Å². The molecule has 0 bridgehead atoms. The lowest BCUT2D eigenvalue weighted by molar-refractivity contribution is 0.0420. The third kappa shape index (κ3) is 5.15. The lowest BCUT2D eigenvalue weighted by Crippen LogP contribution is -2.39. The lowest BCUT2D eigenvalue weighted by Gasteiger charge is -2.13. The molecule has 1 saturated carbocycles. The van der Waals surface area contributed by atoms with E-state index in [1.807, 2.05) is 7.05 Å². The minimum absolute atomic E-state index is 0. The van der Waals surface area contributed by atoms with Gasteiger partial charge in [0.2, 0.25) is 0 Å². The van der Waals surface area contributed by atoms with E-state index in [0.29, 0.717) is 6.10 Å². The Morgan fingerprint density at radius 2 is 2.15 bits per heavy atom. The van der Waals surface area contributed by atoms with Crippen molar-refractivity contribution in [3.63, 3.8) is 0 Å². The molecule has 1 heterocycles. The number of hydrogen-bond acceptors (Lipinski definition) is 3. The van der Waals surface area contributed by atoms with Crippen LogP contribution in [0.2, 0.25) is 0 Å². The Labute approximate surface area is 179 Å². The Bertz CT molecular complexity index is 634. The summed E-state index contributed by atoms with van der Waals surface area (Å²) in [5.74, 6) is 3.28. The zero-order valence-electron chi connectivity index (χ0n) is 16.2. The average molecular weight is 485 g/mol. The molecule has 6 heteroatoms. The summed E-state index contributed by atoms with van der Waals surface area (Å²) >= 11 is 0. The first kappa shape index (κ1) is 20.9. The monoisotopic (exact) mass is 485 g/mol. The lowest BCUT2D eigenvalue weighted by atomic mass is 9.92. The third-order valence-electron chi connectivity index (χ3n) is 6.08. The fraction of sp³-hybridized carbons (Fsp3) is 0.667. The van der Waals surface area contributed by atoms with E-state index < -0.39 is 0 Å². The molecule has 2 aliphatic carbocycles. The Hall–Kier alpha value is -0.860. The van der Waals surface area contributed by atoms with Crippen LogP contribution in [0.5, 0.6) is 0 Å². The van der Waals surface area contributed by atoms with Crippen molar-refractivity contribution < 1.29 is 9.47 Å². The molecule has 2 fully saturated rings. The van der Waals surface area contributed by atoms with Gasteiger partial charge in [0.15, 0.2) is 5.96 Å². The number of benzene rings is 1. The highest BCUT2D eigenvalue weighted by Crippen LogP contribution is 2.59. The first-order valence-electron chi connectivity index (χ1n) is 10.1. The van der Waals surface area contributed by atoms with Gasteiger partial charge in [0.05, 0.1) is 12.7 Å². The van der Waals surface area contributed by atoms with Gasteiger partial charge in [-0.15, -0.1) is 24.0 Å². The molecule has 1 aromatic rings. The van der Waals surface area contributed by atoms with Crippen LogP contribution in [0.25, 0.3) is 0 Å². The van der Waals surface area contributed by atoms with Gasteiger partial charge in [-0.05, 0) is 54.6 Å². The summed E-state index contributed by atoms with van der Waals surface area (Å²) in [4.78, 5) is 4.36. The number of nitrogens with one attached hydrogen (secondary N) is 2. The SMILES string of the molecule is CN=C(NCCCOC1CCOC1)NCC1C2CCc3ccccc3C21.I. The number of fused-ring (bicyclic) bond motifs is 3. The van der Waals surface area contributed by atoms with E-state index >= 15 is 0 Å². The predicted molar refractivity (Wildman–Crippen MR) is 119 cm³/mol. The first-order valence-corrected chi connectivity index (χ1v) is 10.1. The summed E-state index contributed by atoms with van der Waals surface area (Å²) in [6.07, 6.45) is 4.89. The summed E-state index contributed by atoms with van der Waals surface area (Å²) in [6, 6.07) is 8.98. The number of guanidine groups is 1. The number of nitrogens with zero attached hydrogens (tertiary/aromatic N) is 1. The summed E-state index contributed by atoms with van der Waals surface area (Å²) in [7, 11) is 1.84. The van der Waals surface area contributed by atoms with Gasteiger partial charge in [-0.25, -0.2) is 0 Å². The van der Waals surface area contributed by atoms with Gasteiger partial charge < -0.3 is 20.1 Å². The topological polar surface area (TPSA) is 54.9 Å². The third-order valence-corrected chi connectivity index (χ3v) is 6.08. The molecular weight excluding hydrogens is 453 g/mol. The smallest absolute Gasteiger partial charge is 0.190 e. The number of aliphatic imine (C=N–C) groups is 1. The van der Waals surface area contributed by atoms with Gasteiger partial charge in [-0.1, -0.05) is 24.3 Å². The molecule has 0 spiro atoms. The van der Waals surface area contributed by atoms with E-state index in [4.69, 9.17) is 9.47 Å². The molecule has 2 N–H and O–H groups in total. The van der Waals surface area contributed by atoms with Crippen molar-refractivity contribution in [1.29, 1.82) is 0 Å². The van der Waals surface area contributed by atoms with Gasteiger partial charge in [0.25, 0.3) is 0 Å². The molecular formula is C21H32IN3O2. The maximum absolute atomic E-state index is 5.80. The van der Waals surface area contributed by atoms with Crippen LogP contribution in [0, 0.1) is 11.8 Å². The number of halogens is 1. The predicted octanol–water partition coefficient (Wildman–Crippen LogP) is 2.94. The van der Waals surface area contributed by atoms with Crippen LogP contribution >= 0.6 is 24.0 Å². The zero-order chi connectivity index (χ0) is 17.8. The van der Waals surface area contributed by atoms with E-state index in [9.17, 15) is 0 Å². The normalized spacial score (nSPS) is 28.7. The molecule has 3 aliphatic rings. The maximum Gasteiger partial charge on any atom is 0.190 e. The number of hydrogen-bond donors (Lipinski definition) is 2. The minimum Gasteiger partial charge on any atom is -0.379 e. The largest absolute Gasteiger partial charge is 0.379 e. The number of aryl methyl sites for hydroxylation is 1. The average Bonchev–Trinajstić information content (AvgIpc) is 3.14. The van der Waals surface area contributed by atoms with Crippen molar-refractivity contribution in [3.8, 4) is 0 Å². The second-order valence-corrected chi connectivity index (χ2v) is 7.68. The summed E-state index contributed by atoms with van der Waals surface area (Å²) in [5.41, 5.74) is 3.15. The van der Waals surface area contributed by atoms with Gasteiger partial charge in [0, 0.05) is 33.4 Å². The summed E-state index contributed by atoms with van der Waals surface area (Å²) < 4.78 is 11.1. The van der Waals surface area contributed by atoms with Crippen molar-refractivity contribution in [2.45, 2.75) is 37.7 Å². The molecule has 1 aromatic carbocycles. The van der Waals surface area contributed by atoms with E-state index in [2.05, 4.69) is 39.9 Å². The maximum atomic E-state index is 5.80. The van der Waals surface area contributed by atoms with E-state index in [-0.39, 0.29) is 24.0 Å². The molecule has 4 rings (SSSR count). The van der Waals surface area contributed by atoms with Crippen LogP contribution in [0.1, 0.15) is 36.3 Å². The highest BCUT2D eigenvalue weighted by atomic mass is 127. The van der Waals surface area contributed by atoms with Crippen LogP contribution in [0.3, 0.4) is 0 Å². The Balaban J connectivity index is 0.00000210. The van der Waals surface area contributed by atoms with Crippen molar-refractivity contribution in [3.05, 3.63) is 35.4 Å². The van der Waals surface area contributed by atoms with Crippen LogP contribution in [-0.4, -0.2) is 52.0 Å². The number of rotatable bonds is 7. The van der Waals surface area contributed by atoms with E-state index in [1.165, 1.54) is 12.8 Å². The highest BCUT2D eigenvalue weighted by Gasteiger charge is 2.52. The quantitative estimate of drug-likeness (QED) is 0.270. The van der Waals surface area contributed by atoms with Crippen LogP contribution in [-0.2, 0) is 15.9 Å². The van der Waals surface area contributed by atoms with Gasteiger partial charge in [-0.3, -0.25) is 4.99 Å². The fourth-order valence-electron chi connectivity index (χ4n) is 4.60. The zero-order valence-corrected chi connectivity index (χ0v) is 18.5. The Morgan fingerprint density at radius 1 is 1.26 bits per heavy atom. The molecule has 0 amide bonds. The van der Waals surface area contributed by atoms with Gasteiger partial charge in [-0.2, -0.15) is 0 Å². The van der Waals surface area contributed by atoms with Crippen molar-refractivity contribution in [2.24, 2.45) is 16.8 Å². The Morgan fingerprint density at radius 3 is 2.96 bits per heavy atom. The molecule has 0 radical (unpaired) electrons. The first-order chi connectivity index (χ1) is 12.9. The van der Waals surface area contributed by atoms with Crippen molar-refractivity contribution in [1.82, 2.24) is 10.6 Å². The van der Waals surface area contributed by atoms with Crippen LogP contribution in [0.15, 0.2) is 29.3 Å². The molecule has 1 saturated heterocycles. The van der Waals surface area contributed by atoms with Gasteiger partial charge >= 0.3 is 0 Å². The molecule has 0 aromatic heterocycles. The summed E-state index contributed by atoms with van der Waals surface area (Å²) in [5, 5.41) is 6.93. The molecule has 150 valence electrons. The van der Waals surface area contributed by atoms with Crippen LogP contribution < -0.4 is 10.6 Å². The second kappa shape index (κ2) is 10.1. The Kier molecular flexibility index (Phi) is 7.78. The molecule has 1 aliphatic heterocycles.